The minimum absolute atomic E-state index is 0.115. The van der Waals surface area contributed by atoms with Crippen LogP contribution in [0.4, 0.5) is 17.1 Å². The summed E-state index contributed by atoms with van der Waals surface area (Å²) in [5.41, 5.74) is -1.06. The number of nitro groups is 2. The molecular formula is C16H15N3O8S. The Kier molecular flexibility index (Phi) is 5.64. The molecule has 2 aromatic carbocycles. The van der Waals surface area contributed by atoms with Crippen LogP contribution >= 0.6 is 0 Å². The number of carboxylic acid groups (broad SMARTS) is 1. The van der Waals surface area contributed by atoms with Crippen LogP contribution in [0.1, 0.15) is 12.5 Å². The topological polar surface area (TPSA) is 161 Å². The van der Waals surface area contributed by atoms with Crippen molar-refractivity contribution in [2.24, 2.45) is 0 Å². The normalized spacial score (nSPS) is 12.2. The number of nitrogens with zero attached hydrogens (tertiary/aromatic N) is 3. The van der Waals surface area contributed by atoms with Gasteiger partial charge in [0.15, 0.2) is 4.90 Å². The SMILES string of the molecule is Cc1cc([N+](=O)[O-])ccc1N(C(C)C(=O)O)S(=O)(=O)c1ccccc1[N+](=O)[O-]. The zero-order chi connectivity index (χ0) is 21.2. The van der Waals surface area contributed by atoms with Crippen molar-refractivity contribution in [3.63, 3.8) is 0 Å². The minimum Gasteiger partial charge on any atom is -0.480 e. The molecule has 2 aromatic rings. The van der Waals surface area contributed by atoms with Gasteiger partial charge in [0.05, 0.1) is 15.5 Å². The van der Waals surface area contributed by atoms with Crippen molar-refractivity contribution < 1.29 is 28.2 Å². The van der Waals surface area contributed by atoms with E-state index >= 15 is 0 Å². The molecule has 1 unspecified atom stereocenters. The molecule has 0 saturated heterocycles. The monoisotopic (exact) mass is 409 g/mol. The average Bonchev–Trinajstić information content (AvgIpc) is 2.62. The van der Waals surface area contributed by atoms with Gasteiger partial charge in [-0.05, 0) is 31.5 Å². The van der Waals surface area contributed by atoms with Gasteiger partial charge in [-0.2, -0.15) is 0 Å². The fraction of sp³-hybridized carbons (Fsp3) is 0.188. The summed E-state index contributed by atoms with van der Waals surface area (Å²) in [6, 6.07) is 6.11. The van der Waals surface area contributed by atoms with Crippen molar-refractivity contribution in [1.82, 2.24) is 0 Å². The van der Waals surface area contributed by atoms with Crippen molar-refractivity contribution in [1.29, 1.82) is 0 Å². The molecule has 12 heteroatoms. The van der Waals surface area contributed by atoms with Gasteiger partial charge < -0.3 is 5.11 Å². The van der Waals surface area contributed by atoms with Crippen LogP contribution in [0, 0.1) is 27.2 Å². The fourth-order valence-corrected chi connectivity index (χ4v) is 4.42. The lowest BCUT2D eigenvalue weighted by Crippen LogP contribution is -2.44. The van der Waals surface area contributed by atoms with Crippen LogP contribution < -0.4 is 4.31 Å². The van der Waals surface area contributed by atoms with Crippen LogP contribution in [-0.4, -0.2) is 35.4 Å². The second kappa shape index (κ2) is 7.60. The largest absolute Gasteiger partial charge is 0.480 e. The molecule has 0 aliphatic heterocycles. The summed E-state index contributed by atoms with van der Waals surface area (Å²) in [5.74, 6) is -1.50. The molecule has 0 amide bonds. The number of aryl methyl sites for hydroxylation is 1. The summed E-state index contributed by atoms with van der Waals surface area (Å²) in [6.07, 6.45) is 0. The molecule has 0 saturated carbocycles. The van der Waals surface area contributed by atoms with Gasteiger partial charge in [0, 0.05) is 18.2 Å². The van der Waals surface area contributed by atoms with Gasteiger partial charge in [0.25, 0.3) is 21.4 Å². The fourth-order valence-electron chi connectivity index (χ4n) is 2.58. The highest BCUT2D eigenvalue weighted by atomic mass is 32.2. The highest BCUT2D eigenvalue weighted by Gasteiger charge is 2.38. The maximum absolute atomic E-state index is 13.2. The Hall–Kier alpha value is -3.54. The summed E-state index contributed by atoms with van der Waals surface area (Å²) in [6.45, 7) is 2.47. The first-order chi connectivity index (χ1) is 13.0. The van der Waals surface area contributed by atoms with Crippen molar-refractivity contribution in [3.05, 3.63) is 68.3 Å². The first kappa shape index (κ1) is 20.8. The molecule has 0 heterocycles. The third-order valence-corrected chi connectivity index (χ3v) is 5.87. The molecule has 0 aliphatic rings. The maximum Gasteiger partial charge on any atom is 0.327 e. The molecule has 148 valence electrons. The third kappa shape index (κ3) is 3.76. The summed E-state index contributed by atoms with van der Waals surface area (Å²) < 4.78 is 26.9. The van der Waals surface area contributed by atoms with E-state index in [1.165, 1.54) is 19.1 Å². The van der Waals surface area contributed by atoms with E-state index in [1.54, 1.807) is 0 Å². The molecule has 0 radical (unpaired) electrons. The molecule has 0 aliphatic carbocycles. The number of carbonyl (C=O) groups is 1. The van der Waals surface area contributed by atoms with Crippen LogP contribution in [0.25, 0.3) is 0 Å². The minimum atomic E-state index is -4.69. The predicted molar refractivity (Wildman–Crippen MR) is 97.7 cm³/mol. The lowest BCUT2D eigenvalue weighted by Gasteiger charge is -2.29. The van der Waals surface area contributed by atoms with Gasteiger partial charge in [0.2, 0.25) is 0 Å². The number of nitro benzene ring substituents is 2. The Labute approximate surface area is 159 Å². The first-order valence-electron chi connectivity index (χ1n) is 7.74. The third-order valence-electron chi connectivity index (χ3n) is 3.94. The van der Waals surface area contributed by atoms with Crippen LogP contribution in [-0.2, 0) is 14.8 Å². The smallest absolute Gasteiger partial charge is 0.327 e. The Morgan fingerprint density at radius 2 is 1.71 bits per heavy atom. The molecule has 11 nitrogen and oxygen atoms in total. The Morgan fingerprint density at radius 1 is 1.11 bits per heavy atom. The number of hydrogen-bond acceptors (Lipinski definition) is 7. The zero-order valence-corrected chi connectivity index (χ0v) is 15.5. The van der Waals surface area contributed by atoms with Crippen molar-refractivity contribution in [2.45, 2.75) is 24.8 Å². The second-order valence-corrected chi connectivity index (χ2v) is 7.55. The maximum atomic E-state index is 13.2. The molecule has 1 N–H and O–H groups in total. The number of aliphatic carboxylic acids is 1. The van der Waals surface area contributed by atoms with Gasteiger partial charge in [0.1, 0.15) is 6.04 Å². The van der Waals surface area contributed by atoms with E-state index in [0.717, 1.165) is 37.3 Å². The summed E-state index contributed by atoms with van der Waals surface area (Å²) in [5, 5.41) is 31.6. The van der Waals surface area contributed by atoms with Gasteiger partial charge in [-0.1, -0.05) is 12.1 Å². The highest BCUT2D eigenvalue weighted by molar-refractivity contribution is 7.93. The van der Waals surface area contributed by atoms with Gasteiger partial charge in [-0.3, -0.25) is 24.5 Å². The standard InChI is InChI=1S/C16H15N3O8S/c1-10-9-12(18(22)23)7-8-13(10)17(11(2)16(20)21)28(26,27)15-6-4-3-5-14(15)19(24)25/h3-9,11H,1-2H3,(H,20,21). The molecular weight excluding hydrogens is 394 g/mol. The number of hydrogen-bond donors (Lipinski definition) is 1. The number of benzene rings is 2. The number of para-hydroxylation sites is 1. The number of sulfonamides is 1. The second-order valence-electron chi connectivity index (χ2n) is 5.77. The van der Waals surface area contributed by atoms with Crippen LogP contribution in [0.15, 0.2) is 47.4 Å². The summed E-state index contributed by atoms with van der Waals surface area (Å²) >= 11 is 0. The van der Waals surface area contributed by atoms with E-state index in [4.69, 9.17) is 0 Å². The van der Waals surface area contributed by atoms with E-state index < -0.39 is 42.5 Å². The Balaban J connectivity index is 2.77. The highest BCUT2D eigenvalue weighted by Crippen LogP contribution is 2.34. The number of carboxylic acids is 1. The van der Waals surface area contributed by atoms with Crippen LogP contribution in [0.3, 0.4) is 0 Å². The Morgan fingerprint density at radius 3 is 2.21 bits per heavy atom. The van der Waals surface area contributed by atoms with Gasteiger partial charge >= 0.3 is 5.97 Å². The van der Waals surface area contributed by atoms with Gasteiger partial charge in [-0.25, -0.2) is 13.2 Å². The first-order valence-corrected chi connectivity index (χ1v) is 9.18. The lowest BCUT2D eigenvalue weighted by molar-refractivity contribution is -0.387. The van der Waals surface area contributed by atoms with Crippen LogP contribution in [0.5, 0.6) is 0 Å². The van der Waals surface area contributed by atoms with Crippen molar-refractivity contribution in [3.8, 4) is 0 Å². The van der Waals surface area contributed by atoms with Gasteiger partial charge in [-0.15, -0.1) is 0 Å². The number of non-ortho nitro benzene ring substituents is 1. The molecule has 0 bridgehead atoms. The molecule has 2 rings (SSSR count). The lowest BCUT2D eigenvalue weighted by atomic mass is 10.1. The quantitative estimate of drug-likeness (QED) is 0.539. The van der Waals surface area contributed by atoms with E-state index in [1.807, 2.05) is 0 Å². The zero-order valence-electron chi connectivity index (χ0n) is 14.7. The van der Waals surface area contributed by atoms with E-state index in [0.29, 0.717) is 4.31 Å². The number of rotatable bonds is 7. The average molecular weight is 409 g/mol. The molecule has 0 aromatic heterocycles. The predicted octanol–water partition coefficient (Wildman–Crippen LogP) is 2.48. The summed E-state index contributed by atoms with van der Waals surface area (Å²) in [4.78, 5) is 31.5. The van der Waals surface area contributed by atoms with Crippen molar-refractivity contribution in [2.75, 3.05) is 4.31 Å². The van der Waals surface area contributed by atoms with E-state index in [9.17, 15) is 38.5 Å². The van der Waals surface area contributed by atoms with Crippen LogP contribution in [0.2, 0.25) is 0 Å². The van der Waals surface area contributed by atoms with E-state index in [2.05, 4.69) is 0 Å². The van der Waals surface area contributed by atoms with E-state index in [-0.39, 0.29) is 16.9 Å². The molecule has 0 spiro atoms. The summed E-state index contributed by atoms with van der Waals surface area (Å²) in [7, 11) is -4.69. The molecule has 28 heavy (non-hydrogen) atoms. The number of anilines is 1. The van der Waals surface area contributed by atoms with Crippen molar-refractivity contribution >= 4 is 33.1 Å². The Bertz CT molecular complexity index is 1070. The molecule has 1 atom stereocenters. The molecule has 0 fully saturated rings.